The smallest absolute Gasteiger partial charge is 0.261 e. The minimum absolute atomic E-state index is 0.0324. The van der Waals surface area contributed by atoms with Gasteiger partial charge in [0.15, 0.2) is 5.82 Å². The van der Waals surface area contributed by atoms with Crippen molar-refractivity contribution < 1.29 is 17.2 Å². The summed E-state index contributed by atoms with van der Waals surface area (Å²) in [5, 5.41) is 0.0324. The summed E-state index contributed by atoms with van der Waals surface area (Å²) in [5.41, 5.74) is 0. The van der Waals surface area contributed by atoms with Crippen molar-refractivity contribution in [1.29, 1.82) is 0 Å². The summed E-state index contributed by atoms with van der Waals surface area (Å²) in [7, 11) is -4.69. The third kappa shape index (κ3) is 2.74. The van der Waals surface area contributed by atoms with Crippen molar-refractivity contribution in [2.45, 2.75) is 5.76 Å². The van der Waals surface area contributed by atoms with Crippen LogP contribution in [0.4, 0.5) is 14.6 Å². The zero-order valence-electron chi connectivity index (χ0n) is 6.49. The first-order chi connectivity index (χ1) is 6.42. The minimum Gasteiger partial charge on any atom is -0.261 e. The molecule has 1 N–H and O–H groups in total. The molecule has 0 aromatic carbocycles. The second kappa shape index (κ2) is 4.01. The van der Waals surface area contributed by atoms with Crippen molar-refractivity contribution in [3.05, 3.63) is 17.5 Å². The number of rotatable bonds is 3. The molecule has 1 rings (SSSR count). The topological polar surface area (TPSA) is 72.0 Å². The third-order valence-corrected chi connectivity index (χ3v) is 2.26. The lowest BCUT2D eigenvalue weighted by Gasteiger charge is -2.04. The van der Waals surface area contributed by atoms with E-state index >= 15 is 0 Å². The van der Waals surface area contributed by atoms with Crippen LogP contribution in [0.1, 0.15) is 0 Å². The van der Waals surface area contributed by atoms with Gasteiger partial charge in [0.05, 0.1) is 12.4 Å². The monoisotopic (exact) mass is 243 g/mol. The molecule has 0 saturated heterocycles. The third-order valence-electron chi connectivity index (χ3n) is 1.10. The first-order valence-electron chi connectivity index (χ1n) is 3.19. The Bertz CT molecular complexity index is 407. The van der Waals surface area contributed by atoms with E-state index in [0.29, 0.717) is 0 Å². The summed E-state index contributed by atoms with van der Waals surface area (Å²) in [6.45, 7) is 0. The number of anilines is 1. The Morgan fingerprint density at radius 1 is 1.36 bits per heavy atom. The van der Waals surface area contributed by atoms with Gasteiger partial charge in [-0.1, -0.05) is 11.6 Å². The van der Waals surface area contributed by atoms with Gasteiger partial charge in [0.2, 0.25) is 0 Å². The van der Waals surface area contributed by atoms with Gasteiger partial charge in [0, 0.05) is 0 Å². The molecule has 0 aliphatic rings. The Labute approximate surface area is 83.2 Å². The lowest BCUT2D eigenvalue weighted by atomic mass is 10.7. The highest BCUT2D eigenvalue weighted by Gasteiger charge is 2.24. The highest BCUT2D eigenvalue weighted by molar-refractivity contribution is 7.92. The van der Waals surface area contributed by atoms with Crippen molar-refractivity contribution in [3.8, 4) is 0 Å². The van der Waals surface area contributed by atoms with E-state index in [9.17, 15) is 17.2 Å². The molecule has 0 bridgehead atoms. The summed E-state index contributed by atoms with van der Waals surface area (Å²) in [6.07, 6.45) is 1.97. The van der Waals surface area contributed by atoms with Crippen molar-refractivity contribution in [2.75, 3.05) is 4.72 Å². The van der Waals surface area contributed by atoms with Crippen molar-refractivity contribution in [3.63, 3.8) is 0 Å². The predicted molar refractivity (Wildman–Crippen MR) is 45.6 cm³/mol. The fourth-order valence-corrected chi connectivity index (χ4v) is 1.14. The summed E-state index contributed by atoms with van der Waals surface area (Å²) >= 11 is 5.35. The Kier molecular flexibility index (Phi) is 3.17. The van der Waals surface area contributed by atoms with Gasteiger partial charge < -0.3 is 0 Å². The largest absolute Gasteiger partial charge is 0.355 e. The molecule has 9 heteroatoms. The number of aromatic nitrogens is 2. The van der Waals surface area contributed by atoms with E-state index in [4.69, 9.17) is 11.6 Å². The molecule has 1 aromatic rings. The van der Waals surface area contributed by atoms with Gasteiger partial charge >= 0.3 is 5.76 Å². The highest BCUT2D eigenvalue weighted by Crippen LogP contribution is 2.11. The Morgan fingerprint density at radius 2 is 2.00 bits per heavy atom. The van der Waals surface area contributed by atoms with Crippen LogP contribution < -0.4 is 4.72 Å². The quantitative estimate of drug-likeness (QED) is 0.863. The van der Waals surface area contributed by atoms with E-state index in [1.54, 1.807) is 0 Å². The van der Waals surface area contributed by atoms with Crippen molar-refractivity contribution in [2.24, 2.45) is 0 Å². The average Bonchev–Trinajstić information content (AvgIpc) is 2.08. The Morgan fingerprint density at radius 3 is 2.43 bits per heavy atom. The van der Waals surface area contributed by atoms with Crippen LogP contribution in [0.5, 0.6) is 0 Å². The first kappa shape index (κ1) is 11.1. The van der Waals surface area contributed by atoms with Crippen LogP contribution in [0, 0.1) is 0 Å². The molecule has 0 saturated carbocycles. The van der Waals surface area contributed by atoms with Crippen LogP contribution in [0.2, 0.25) is 5.15 Å². The average molecular weight is 244 g/mol. The molecule has 0 aliphatic heterocycles. The van der Waals surface area contributed by atoms with Gasteiger partial charge in [-0.3, -0.25) is 4.72 Å². The molecular weight excluding hydrogens is 240 g/mol. The molecular formula is C5H4ClF2N3O2S. The maximum atomic E-state index is 11.9. The molecule has 5 nitrogen and oxygen atoms in total. The van der Waals surface area contributed by atoms with Crippen LogP contribution in [0.15, 0.2) is 12.4 Å². The lowest BCUT2D eigenvalue weighted by molar-refractivity contribution is 0.236. The Balaban J connectivity index is 2.85. The van der Waals surface area contributed by atoms with E-state index in [0.717, 1.165) is 12.4 Å². The molecule has 0 spiro atoms. The minimum atomic E-state index is -4.69. The van der Waals surface area contributed by atoms with Crippen LogP contribution in [0.25, 0.3) is 0 Å². The SMILES string of the molecule is O=S(=O)(Nc1cnc(Cl)cn1)C(F)F. The number of hydrogen-bond donors (Lipinski definition) is 1. The molecule has 0 radical (unpaired) electrons. The molecule has 0 amide bonds. The molecule has 78 valence electrons. The number of hydrogen-bond acceptors (Lipinski definition) is 4. The second-order valence-corrected chi connectivity index (χ2v) is 4.17. The molecule has 0 unspecified atom stereocenters. The summed E-state index contributed by atoms with van der Waals surface area (Å²) in [6, 6.07) is 0. The number of nitrogens with one attached hydrogen (secondary N) is 1. The number of nitrogens with zero attached hydrogens (tertiary/aromatic N) is 2. The maximum absolute atomic E-state index is 11.9. The van der Waals surface area contributed by atoms with Crippen molar-refractivity contribution in [1.82, 2.24) is 9.97 Å². The highest BCUT2D eigenvalue weighted by atomic mass is 35.5. The van der Waals surface area contributed by atoms with E-state index < -0.39 is 15.8 Å². The van der Waals surface area contributed by atoms with Gasteiger partial charge in [-0.15, -0.1) is 0 Å². The van der Waals surface area contributed by atoms with E-state index in [1.807, 2.05) is 0 Å². The molecule has 0 fully saturated rings. The number of alkyl halides is 2. The maximum Gasteiger partial charge on any atom is 0.355 e. The molecule has 1 aromatic heterocycles. The van der Waals surface area contributed by atoms with Gasteiger partial charge in [0.25, 0.3) is 10.0 Å². The van der Waals surface area contributed by atoms with Crippen molar-refractivity contribution >= 4 is 27.4 Å². The Hall–Kier alpha value is -1.02. The van der Waals surface area contributed by atoms with Crippen LogP contribution >= 0.6 is 11.6 Å². The zero-order valence-corrected chi connectivity index (χ0v) is 8.06. The normalized spacial score (nSPS) is 11.7. The lowest BCUT2D eigenvalue weighted by Crippen LogP contribution is -2.21. The molecule has 0 atom stereocenters. The van der Waals surface area contributed by atoms with Gasteiger partial charge in [-0.05, 0) is 0 Å². The van der Waals surface area contributed by atoms with E-state index in [1.165, 1.54) is 4.72 Å². The molecule has 0 aliphatic carbocycles. The van der Waals surface area contributed by atoms with Gasteiger partial charge in [-0.2, -0.15) is 8.78 Å². The second-order valence-electron chi connectivity index (χ2n) is 2.13. The zero-order chi connectivity index (χ0) is 10.8. The van der Waals surface area contributed by atoms with Crippen LogP contribution in [-0.4, -0.2) is 24.1 Å². The number of sulfonamides is 1. The number of halogens is 3. The molecule has 1 heterocycles. The van der Waals surface area contributed by atoms with E-state index in [-0.39, 0.29) is 11.0 Å². The van der Waals surface area contributed by atoms with Crippen LogP contribution in [-0.2, 0) is 10.0 Å². The van der Waals surface area contributed by atoms with Gasteiger partial charge in [-0.25, -0.2) is 18.4 Å². The fraction of sp³-hybridized carbons (Fsp3) is 0.200. The standard InChI is InChI=1S/C5H4ClF2N3O2S/c6-3-1-10-4(2-9-3)11-14(12,13)5(7)8/h1-2,5H,(H,10,11). The van der Waals surface area contributed by atoms with Crippen LogP contribution in [0.3, 0.4) is 0 Å². The molecule has 14 heavy (non-hydrogen) atoms. The van der Waals surface area contributed by atoms with E-state index in [2.05, 4.69) is 9.97 Å². The first-order valence-corrected chi connectivity index (χ1v) is 5.11. The predicted octanol–water partition coefficient (Wildman–Crippen LogP) is 1.09. The summed E-state index contributed by atoms with van der Waals surface area (Å²) in [4.78, 5) is 6.88. The summed E-state index contributed by atoms with van der Waals surface area (Å²) < 4.78 is 46.5. The fourth-order valence-electron chi connectivity index (χ4n) is 0.555. The summed E-state index contributed by atoms with van der Waals surface area (Å²) in [5.74, 6) is -3.82. The van der Waals surface area contributed by atoms with Gasteiger partial charge in [0.1, 0.15) is 5.15 Å².